The van der Waals surface area contributed by atoms with Gasteiger partial charge < -0.3 is 14.9 Å². The van der Waals surface area contributed by atoms with Crippen LogP contribution in [0.1, 0.15) is 22.6 Å². The van der Waals surface area contributed by atoms with Crippen LogP contribution in [-0.2, 0) is 0 Å². The van der Waals surface area contributed by atoms with Crippen molar-refractivity contribution in [2.45, 2.75) is 13.3 Å². The highest BCUT2D eigenvalue weighted by Crippen LogP contribution is 2.27. The van der Waals surface area contributed by atoms with E-state index < -0.39 is 0 Å². The predicted octanol–water partition coefficient (Wildman–Crippen LogP) is 2.08. The number of hydrogen-bond acceptors (Lipinski definition) is 5. The first kappa shape index (κ1) is 19.5. The van der Waals surface area contributed by atoms with E-state index in [1.165, 1.54) is 0 Å². The fourth-order valence-corrected chi connectivity index (χ4v) is 3.88. The lowest BCUT2D eigenvalue weighted by molar-refractivity contribution is 0.0477. The molecule has 0 aliphatic carbocycles. The van der Waals surface area contributed by atoms with E-state index >= 15 is 0 Å². The number of piperidine rings is 1. The smallest absolute Gasteiger partial charge is 0.257 e. The van der Waals surface area contributed by atoms with Gasteiger partial charge in [-0.05, 0) is 39.3 Å². The molecule has 1 saturated heterocycles. The van der Waals surface area contributed by atoms with Crippen molar-refractivity contribution in [3.63, 3.8) is 0 Å². The summed E-state index contributed by atoms with van der Waals surface area (Å²) < 4.78 is 0. The van der Waals surface area contributed by atoms with Crippen LogP contribution in [0.15, 0.2) is 36.5 Å². The van der Waals surface area contributed by atoms with E-state index in [2.05, 4.69) is 14.9 Å². The standard InChI is InChI=1S/C21H28N4O2/c1-15-22-10-19(20(23-15)18-7-5-4-6-8-18)21(27)25-12-16(11-24(2)3)9-17(13-25)14-26/h4-8,10,16-17,26H,9,11-14H2,1-3H3/t16-,17+/m0/s1. The maximum absolute atomic E-state index is 13.3. The van der Waals surface area contributed by atoms with Crippen molar-refractivity contribution in [2.24, 2.45) is 11.8 Å². The summed E-state index contributed by atoms with van der Waals surface area (Å²) in [5.41, 5.74) is 2.10. The Balaban J connectivity index is 1.91. The number of aryl methyl sites for hydroxylation is 1. The molecular formula is C21H28N4O2. The lowest BCUT2D eigenvalue weighted by Crippen LogP contribution is -2.47. The Labute approximate surface area is 160 Å². The molecule has 0 spiro atoms. The van der Waals surface area contributed by atoms with Crippen LogP contribution in [0.5, 0.6) is 0 Å². The molecule has 0 bridgehead atoms. The topological polar surface area (TPSA) is 69.6 Å². The van der Waals surface area contributed by atoms with Crippen molar-refractivity contribution < 1.29 is 9.90 Å². The molecule has 1 amide bonds. The second kappa shape index (κ2) is 8.59. The first-order valence-corrected chi connectivity index (χ1v) is 9.41. The minimum Gasteiger partial charge on any atom is -0.396 e. The van der Waals surface area contributed by atoms with Crippen LogP contribution in [0.4, 0.5) is 0 Å². The molecule has 0 radical (unpaired) electrons. The van der Waals surface area contributed by atoms with Crippen molar-refractivity contribution in [3.8, 4) is 11.3 Å². The third-order valence-corrected chi connectivity index (χ3v) is 4.98. The van der Waals surface area contributed by atoms with Crippen LogP contribution in [0.2, 0.25) is 0 Å². The van der Waals surface area contributed by atoms with E-state index in [0.29, 0.717) is 36.1 Å². The first-order chi connectivity index (χ1) is 13.0. The predicted molar refractivity (Wildman–Crippen MR) is 105 cm³/mol. The third-order valence-electron chi connectivity index (χ3n) is 4.98. The molecule has 144 valence electrons. The first-order valence-electron chi connectivity index (χ1n) is 9.41. The fraction of sp³-hybridized carbons (Fsp3) is 0.476. The Morgan fingerprint density at radius 2 is 1.93 bits per heavy atom. The summed E-state index contributed by atoms with van der Waals surface area (Å²) in [6.07, 6.45) is 2.57. The summed E-state index contributed by atoms with van der Waals surface area (Å²) in [4.78, 5) is 26.2. The number of carbonyl (C=O) groups excluding carboxylic acids is 1. The van der Waals surface area contributed by atoms with Gasteiger partial charge in [-0.15, -0.1) is 0 Å². The lowest BCUT2D eigenvalue weighted by Gasteiger charge is -2.38. The van der Waals surface area contributed by atoms with E-state index in [-0.39, 0.29) is 18.4 Å². The molecule has 1 fully saturated rings. The number of aromatic nitrogens is 2. The van der Waals surface area contributed by atoms with Gasteiger partial charge in [0.25, 0.3) is 5.91 Å². The Morgan fingerprint density at radius 1 is 1.22 bits per heavy atom. The van der Waals surface area contributed by atoms with Crippen LogP contribution >= 0.6 is 0 Å². The van der Waals surface area contributed by atoms with Gasteiger partial charge in [0.15, 0.2) is 0 Å². The quantitative estimate of drug-likeness (QED) is 0.875. The number of benzene rings is 1. The minimum absolute atomic E-state index is 0.0595. The van der Waals surface area contributed by atoms with Gasteiger partial charge in [0.05, 0.1) is 11.3 Å². The molecule has 1 N–H and O–H groups in total. The SMILES string of the molecule is Cc1ncc(C(=O)N2C[C@H](CO)C[C@@H](CN(C)C)C2)c(-c2ccccc2)n1. The molecule has 6 heteroatoms. The van der Waals surface area contributed by atoms with Gasteiger partial charge in [-0.2, -0.15) is 0 Å². The number of rotatable bonds is 5. The normalized spacial score (nSPS) is 20.1. The fourth-order valence-electron chi connectivity index (χ4n) is 3.88. The molecule has 3 rings (SSSR count). The maximum Gasteiger partial charge on any atom is 0.257 e. The van der Waals surface area contributed by atoms with Gasteiger partial charge in [0.2, 0.25) is 0 Å². The zero-order chi connectivity index (χ0) is 19.4. The summed E-state index contributed by atoms with van der Waals surface area (Å²) in [6, 6.07) is 9.75. The van der Waals surface area contributed by atoms with E-state index in [9.17, 15) is 9.90 Å². The molecule has 0 unspecified atom stereocenters. The van der Waals surface area contributed by atoms with Crippen molar-refractivity contribution in [1.29, 1.82) is 0 Å². The summed E-state index contributed by atoms with van der Waals surface area (Å²) in [7, 11) is 4.08. The van der Waals surface area contributed by atoms with Crippen LogP contribution in [0, 0.1) is 18.8 Å². The zero-order valence-corrected chi connectivity index (χ0v) is 16.3. The van der Waals surface area contributed by atoms with Crippen LogP contribution in [0.25, 0.3) is 11.3 Å². The Bertz CT molecular complexity index is 779. The monoisotopic (exact) mass is 368 g/mol. The molecule has 2 heterocycles. The van der Waals surface area contributed by atoms with E-state index in [1.807, 2.05) is 56.3 Å². The highest BCUT2D eigenvalue weighted by Gasteiger charge is 2.31. The van der Waals surface area contributed by atoms with Crippen molar-refractivity contribution in [1.82, 2.24) is 19.8 Å². The average Bonchev–Trinajstić information content (AvgIpc) is 2.67. The molecule has 2 atom stereocenters. The van der Waals surface area contributed by atoms with E-state index in [4.69, 9.17) is 0 Å². The number of nitrogens with zero attached hydrogens (tertiary/aromatic N) is 4. The number of likely N-dealkylation sites (tertiary alicyclic amines) is 1. The summed E-state index contributed by atoms with van der Waals surface area (Å²) in [6.45, 7) is 4.09. The van der Waals surface area contributed by atoms with Crippen molar-refractivity contribution in [3.05, 3.63) is 47.9 Å². The molecular weight excluding hydrogens is 340 g/mol. The zero-order valence-electron chi connectivity index (χ0n) is 16.3. The molecule has 0 saturated carbocycles. The molecule has 6 nitrogen and oxygen atoms in total. The summed E-state index contributed by atoms with van der Waals surface area (Å²) >= 11 is 0. The highest BCUT2D eigenvalue weighted by molar-refractivity contribution is 5.99. The number of aliphatic hydroxyl groups excluding tert-OH is 1. The van der Waals surface area contributed by atoms with Crippen LogP contribution in [-0.4, -0.2) is 71.1 Å². The second-order valence-corrected chi connectivity index (χ2v) is 7.67. The van der Waals surface area contributed by atoms with E-state index in [1.54, 1.807) is 6.20 Å². The number of hydrogen-bond donors (Lipinski definition) is 1. The molecule has 1 aliphatic heterocycles. The van der Waals surface area contributed by atoms with Crippen molar-refractivity contribution in [2.75, 3.05) is 40.3 Å². The molecule has 1 aromatic heterocycles. The third kappa shape index (κ3) is 4.70. The number of aliphatic hydroxyl groups is 1. The summed E-state index contributed by atoms with van der Waals surface area (Å²) in [5, 5.41) is 9.71. The molecule has 2 aromatic rings. The average molecular weight is 368 g/mol. The molecule has 1 aliphatic rings. The maximum atomic E-state index is 13.3. The van der Waals surface area contributed by atoms with E-state index in [0.717, 1.165) is 18.5 Å². The van der Waals surface area contributed by atoms with Gasteiger partial charge in [-0.3, -0.25) is 4.79 Å². The Hall–Kier alpha value is -2.31. The Morgan fingerprint density at radius 3 is 2.59 bits per heavy atom. The highest BCUT2D eigenvalue weighted by atomic mass is 16.3. The largest absolute Gasteiger partial charge is 0.396 e. The van der Waals surface area contributed by atoms with Gasteiger partial charge in [0.1, 0.15) is 5.82 Å². The van der Waals surface area contributed by atoms with Crippen LogP contribution in [0.3, 0.4) is 0 Å². The lowest BCUT2D eigenvalue weighted by atomic mass is 9.88. The van der Waals surface area contributed by atoms with Gasteiger partial charge >= 0.3 is 0 Å². The van der Waals surface area contributed by atoms with Gasteiger partial charge in [0, 0.05) is 38.0 Å². The van der Waals surface area contributed by atoms with Crippen molar-refractivity contribution >= 4 is 5.91 Å². The van der Waals surface area contributed by atoms with Crippen LogP contribution < -0.4 is 0 Å². The van der Waals surface area contributed by atoms with Gasteiger partial charge in [-0.1, -0.05) is 30.3 Å². The molecule has 1 aromatic carbocycles. The number of carbonyl (C=O) groups is 1. The van der Waals surface area contributed by atoms with Gasteiger partial charge in [-0.25, -0.2) is 9.97 Å². The number of amides is 1. The summed E-state index contributed by atoms with van der Waals surface area (Å²) in [5.74, 6) is 1.04. The molecule has 27 heavy (non-hydrogen) atoms. The minimum atomic E-state index is -0.0595. The Kier molecular flexibility index (Phi) is 6.19. The second-order valence-electron chi connectivity index (χ2n) is 7.67.